The lowest BCUT2D eigenvalue weighted by Gasteiger charge is -2.08. The lowest BCUT2D eigenvalue weighted by molar-refractivity contribution is -0.115. The van der Waals surface area contributed by atoms with Crippen molar-refractivity contribution in [3.05, 3.63) is 63.0 Å². The van der Waals surface area contributed by atoms with Gasteiger partial charge < -0.3 is 10.6 Å². The fourth-order valence-electron chi connectivity index (χ4n) is 1.62. The number of carbonyl (C=O) groups is 2. The van der Waals surface area contributed by atoms with Crippen molar-refractivity contribution in [2.24, 2.45) is 0 Å². The third-order valence-corrected chi connectivity index (χ3v) is 3.88. The average molecular weight is 412 g/mol. The van der Waals surface area contributed by atoms with Gasteiger partial charge in [-0.3, -0.25) is 9.59 Å². The molecule has 4 nitrogen and oxygen atoms in total. The van der Waals surface area contributed by atoms with Gasteiger partial charge in [0.25, 0.3) is 5.91 Å². The number of para-hydroxylation sites is 1. The highest BCUT2D eigenvalue weighted by atomic mass is 79.9. The van der Waals surface area contributed by atoms with Crippen LogP contribution in [0.25, 0.3) is 0 Å². The molecule has 0 aliphatic heterocycles. The number of benzene rings is 2. The highest BCUT2D eigenvalue weighted by molar-refractivity contribution is 9.10. The zero-order valence-electron chi connectivity index (χ0n) is 10.9. The molecule has 0 aliphatic carbocycles. The van der Waals surface area contributed by atoms with Gasteiger partial charge in [0, 0.05) is 14.5 Å². The quantitative estimate of drug-likeness (QED) is 0.807. The molecule has 0 spiro atoms. The molecule has 2 aromatic rings. The van der Waals surface area contributed by atoms with E-state index in [4.69, 9.17) is 0 Å². The minimum Gasteiger partial charge on any atom is -0.343 e. The van der Waals surface area contributed by atoms with Gasteiger partial charge in [0.15, 0.2) is 0 Å². The molecule has 2 amide bonds. The third kappa shape index (κ3) is 4.68. The molecule has 0 bridgehead atoms. The zero-order chi connectivity index (χ0) is 15.2. The molecule has 0 saturated carbocycles. The molecule has 0 unspecified atom stereocenters. The minimum atomic E-state index is -0.287. The maximum Gasteiger partial charge on any atom is 0.251 e. The van der Waals surface area contributed by atoms with Crippen molar-refractivity contribution in [1.29, 1.82) is 0 Å². The summed E-state index contributed by atoms with van der Waals surface area (Å²) in [5.41, 5.74) is 1.17. The van der Waals surface area contributed by atoms with Gasteiger partial charge in [-0.1, -0.05) is 28.1 Å². The topological polar surface area (TPSA) is 58.2 Å². The second-order valence-corrected chi connectivity index (χ2v) is 5.99. The Labute approximate surface area is 139 Å². The van der Waals surface area contributed by atoms with Crippen LogP contribution in [0.5, 0.6) is 0 Å². The summed E-state index contributed by atoms with van der Waals surface area (Å²) in [6.07, 6.45) is 0. The summed E-state index contributed by atoms with van der Waals surface area (Å²) in [5, 5.41) is 5.29. The Morgan fingerprint density at radius 3 is 2.29 bits per heavy atom. The second kappa shape index (κ2) is 7.38. The van der Waals surface area contributed by atoms with Crippen LogP contribution < -0.4 is 10.6 Å². The fraction of sp³-hybridized carbons (Fsp3) is 0.0667. The van der Waals surface area contributed by atoms with Crippen molar-refractivity contribution >= 4 is 49.4 Å². The van der Waals surface area contributed by atoms with Crippen LogP contribution in [-0.4, -0.2) is 18.4 Å². The Bertz CT molecular complexity index is 657. The Morgan fingerprint density at radius 1 is 0.952 bits per heavy atom. The van der Waals surface area contributed by atoms with Gasteiger partial charge in [0.05, 0.1) is 12.2 Å². The van der Waals surface area contributed by atoms with Gasteiger partial charge in [-0.05, 0) is 52.3 Å². The number of nitrogens with one attached hydrogen (secondary N) is 2. The Hall–Kier alpha value is -1.66. The van der Waals surface area contributed by atoms with Crippen molar-refractivity contribution in [2.75, 3.05) is 11.9 Å². The van der Waals surface area contributed by atoms with E-state index in [0.717, 1.165) is 8.95 Å². The van der Waals surface area contributed by atoms with E-state index >= 15 is 0 Å². The van der Waals surface area contributed by atoms with E-state index in [2.05, 4.69) is 42.5 Å². The van der Waals surface area contributed by atoms with Gasteiger partial charge >= 0.3 is 0 Å². The van der Waals surface area contributed by atoms with Gasteiger partial charge in [-0.2, -0.15) is 0 Å². The minimum absolute atomic E-state index is 0.0871. The molecule has 0 atom stereocenters. The number of amides is 2. The Kier molecular flexibility index (Phi) is 5.52. The second-order valence-electron chi connectivity index (χ2n) is 4.22. The molecular weight excluding hydrogens is 400 g/mol. The first-order valence-electron chi connectivity index (χ1n) is 6.14. The highest BCUT2D eigenvalue weighted by Gasteiger charge is 2.09. The smallest absolute Gasteiger partial charge is 0.251 e. The summed E-state index contributed by atoms with van der Waals surface area (Å²) in [6, 6.07) is 14.2. The van der Waals surface area contributed by atoms with Crippen molar-refractivity contribution in [1.82, 2.24) is 5.32 Å². The van der Waals surface area contributed by atoms with Crippen molar-refractivity contribution < 1.29 is 9.59 Å². The van der Waals surface area contributed by atoms with Crippen molar-refractivity contribution in [3.8, 4) is 0 Å². The van der Waals surface area contributed by atoms with Crippen molar-refractivity contribution in [3.63, 3.8) is 0 Å². The van der Waals surface area contributed by atoms with E-state index in [0.29, 0.717) is 11.3 Å². The number of hydrogen-bond acceptors (Lipinski definition) is 2. The molecular formula is C15H12Br2N2O2. The maximum atomic E-state index is 11.9. The first kappa shape index (κ1) is 15.7. The highest BCUT2D eigenvalue weighted by Crippen LogP contribution is 2.20. The van der Waals surface area contributed by atoms with E-state index in [1.807, 2.05) is 18.2 Å². The molecule has 0 aliphatic rings. The average Bonchev–Trinajstić information content (AvgIpc) is 2.48. The summed E-state index contributed by atoms with van der Waals surface area (Å²) in [6.45, 7) is -0.0871. The largest absolute Gasteiger partial charge is 0.343 e. The standard InChI is InChI=1S/C15H12Br2N2O2/c16-11-7-5-10(6-8-11)15(21)18-9-14(20)19-13-4-2-1-3-12(13)17/h1-8H,9H2,(H,18,21)(H,19,20). The van der Waals surface area contributed by atoms with Crippen LogP contribution >= 0.6 is 31.9 Å². The zero-order valence-corrected chi connectivity index (χ0v) is 14.1. The van der Waals surface area contributed by atoms with Crippen LogP contribution in [0, 0.1) is 0 Å². The Balaban J connectivity index is 1.88. The van der Waals surface area contributed by atoms with Gasteiger partial charge in [0.2, 0.25) is 5.91 Å². The van der Waals surface area contributed by atoms with E-state index in [1.54, 1.807) is 30.3 Å². The Morgan fingerprint density at radius 2 is 1.62 bits per heavy atom. The summed E-state index contributed by atoms with van der Waals surface area (Å²) >= 11 is 6.64. The molecule has 0 fully saturated rings. The van der Waals surface area contributed by atoms with Gasteiger partial charge in [-0.25, -0.2) is 0 Å². The molecule has 0 aromatic heterocycles. The number of halogens is 2. The molecule has 6 heteroatoms. The lowest BCUT2D eigenvalue weighted by Crippen LogP contribution is -2.32. The van der Waals surface area contributed by atoms with E-state index in [1.165, 1.54) is 0 Å². The molecule has 0 radical (unpaired) electrons. The van der Waals surface area contributed by atoms with Gasteiger partial charge in [-0.15, -0.1) is 0 Å². The molecule has 2 rings (SSSR count). The first-order chi connectivity index (χ1) is 10.1. The van der Waals surface area contributed by atoms with Crippen LogP contribution in [-0.2, 0) is 4.79 Å². The fourth-order valence-corrected chi connectivity index (χ4v) is 2.27. The predicted molar refractivity (Wildman–Crippen MR) is 89.2 cm³/mol. The van der Waals surface area contributed by atoms with E-state index < -0.39 is 0 Å². The summed E-state index contributed by atoms with van der Waals surface area (Å²) in [7, 11) is 0. The molecule has 2 N–H and O–H groups in total. The summed E-state index contributed by atoms with van der Waals surface area (Å²) < 4.78 is 1.68. The van der Waals surface area contributed by atoms with E-state index in [9.17, 15) is 9.59 Å². The van der Waals surface area contributed by atoms with Crippen LogP contribution in [0.2, 0.25) is 0 Å². The summed E-state index contributed by atoms with van der Waals surface area (Å²) in [5.74, 6) is -0.572. The number of rotatable bonds is 4. The molecule has 2 aromatic carbocycles. The van der Waals surface area contributed by atoms with Crippen LogP contribution in [0.1, 0.15) is 10.4 Å². The number of hydrogen-bond donors (Lipinski definition) is 2. The van der Waals surface area contributed by atoms with Crippen LogP contribution in [0.4, 0.5) is 5.69 Å². The van der Waals surface area contributed by atoms with Gasteiger partial charge in [0.1, 0.15) is 0 Å². The number of carbonyl (C=O) groups excluding carboxylic acids is 2. The predicted octanol–water partition coefficient (Wildman–Crippen LogP) is 3.58. The van der Waals surface area contributed by atoms with E-state index in [-0.39, 0.29) is 18.4 Å². The molecule has 21 heavy (non-hydrogen) atoms. The monoisotopic (exact) mass is 410 g/mol. The molecule has 0 saturated heterocycles. The summed E-state index contributed by atoms with van der Waals surface area (Å²) in [4.78, 5) is 23.7. The van der Waals surface area contributed by atoms with Crippen LogP contribution in [0.3, 0.4) is 0 Å². The number of anilines is 1. The molecule has 0 heterocycles. The third-order valence-electron chi connectivity index (χ3n) is 2.66. The maximum absolute atomic E-state index is 11.9. The lowest BCUT2D eigenvalue weighted by atomic mass is 10.2. The normalized spacial score (nSPS) is 10.0. The van der Waals surface area contributed by atoms with Crippen LogP contribution in [0.15, 0.2) is 57.5 Å². The van der Waals surface area contributed by atoms with Crippen molar-refractivity contribution in [2.45, 2.75) is 0 Å². The first-order valence-corrected chi connectivity index (χ1v) is 7.73. The molecule has 108 valence electrons. The SMILES string of the molecule is O=C(CNC(=O)c1ccc(Br)cc1)Nc1ccccc1Br.